The fourth-order valence-electron chi connectivity index (χ4n) is 3.30. The van der Waals surface area contributed by atoms with Gasteiger partial charge in [0, 0.05) is 37.1 Å². The maximum Gasteiger partial charge on any atom is 0.258 e. The van der Waals surface area contributed by atoms with E-state index in [4.69, 9.17) is 18.9 Å². The van der Waals surface area contributed by atoms with Crippen LogP contribution in [0.5, 0.6) is 28.9 Å². The van der Waals surface area contributed by atoms with Crippen LogP contribution in [0.3, 0.4) is 0 Å². The number of rotatable bonds is 5. The highest BCUT2D eigenvalue weighted by Gasteiger charge is 2.24. The van der Waals surface area contributed by atoms with Gasteiger partial charge in [-0.3, -0.25) is 9.67 Å². The number of aromatic nitrogens is 4. The molecule has 0 radical (unpaired) electrons. The molecular weight excluding hydrogens is 396 g/mol. The van der Waals surface area contributed by atoms with E-state index in [1.165, 1.54) is 0 Å². The van der Waals surface area contributed by atoms with Gasteiger partial charge < -0.3 is 18.9 Å². The first-order valence-corrected chi connectivity index (χ1v) is 9.74. The SMILES string of the molecule is COc1ccc([C@H]2COc3cc(Oc4ccnc(-c5cnn(C)c5)c4)cnc3O2)cc1. The molecule has 1 aliphatic heterocycles. The van der Waals surface area contributed by atoms with Crippen LogP contribution in [0.2, 0.25) is 0 Å². The largest absolute Gasteiger partial charge is 0.497 e. The Morgan fingerprint density at radius 2 is 1.87 bits per heavy atom. The number of nitrogens with zero attached hydrogens (tertiary/aromatic N) is 4. The molecule has 0 saturated heterocycles. The van der Waals surface area contributed by atoms with Crippen molar-refractivity contribution in [2.75, 3.05) is 13.7 Å². The van der Waals surface area contributed by atoms with Gasteiger partial charge >= 0.3 is 0 Å². The summed E-state index contributed by atoms with van der Waals surface area (Å²) in [6.07, 6.45) is 6.74. The van der Waals surface area contributed by atoms with Crippen LogP contribution in [-0.2, 0) is 7.05 Å². The second-order valence-electron chi connectivity index (χ2n) is 7.05. The summed E-state index contributed by atoms with van der Waals surface area (Å²) in [4.78, 5) is 8.76. The van der Waals surface area contributed by atoms with Gasteiger partial charge in [0.15, 0.2) is 11.9 Å². The van der Waals surface area contributed by atoms with Gasteiger partial charge in [-0.15, -0.1) is 0 Å². The van der Waals surface area contributed by atoms with Gasteiger partial charge in [-0.2, -0.15) is 5.10 Å². The number of fused-ring (bicyclic) bond motifs is 1. The van der Waals surface area contributed by atoms with E-state index in [-0.39, 0.29) is 6.10 Å². The zero-order chi connectivity index (χ0) is 21.2. The summed E-state index contributed by atoms with van der Waals surface area (Å²) < 4.78 is 24.8. The van der Waals surface area contributed by atoms with Crippen LogP contribution in [-0.4, -0.2) is 33.5 Å². The average Bonchev–Trinajstić information content (AvgIpc) is 3.25. The first kappa shape index (κ1) is 18.9. The van der Waals surface area contributed by atoms with Crippen LogP contribution in [0.1, 0.15) is 11.7 Å². The first-order chi connectivity index (χ1) is 15.2. The monoisotopic (exact) mass is 416 g/mol. The molecule has 0 N–H and O–H groups in total. The lowest BCUT2D eigenvalue weighted by molar-refractivity contribution is 0.0846. The van der Waals surface area contributed by atoms with Gasteiger partial charge in [-0.1, -0.05) is 12.1 Å². The minimum atomic E-state index is -0.236. The molecule has 4 heterocycles. The lowest BCUT2D eigenvalue weighted by Crippen LogP contribution is -2.22. The van der Waals surface area contributed by atoms with Gasteiger partial charge in [-0.25, -0.2) is 4.98 Å². The van der Waals surface area contributed by atoms with E-state index >= 15 is 0 Å². The van der Waals surface area contributed by atoms with Crippen molar-refractivity contribution in [1.82, 2.24) is 19.7 Å². The minimum Gasteiger partial charge on any atom is -0.497 e. The lowest BCUT2D eigenvalue weighted by atomic mass is 10.1. The number of methoxy groups -OCH3 is 1. The van der Waals surface area contributed by atoms with Gasteiger partial charge in [0.1, 0.15) is 23.9 Å². The highest BCUT2D eigenvalue weighted by molar-refractivity contribution is 5.59. The molecule has 1 aliphatic rings. The average molecular weight is 416 g/mol. The molecule has 8 heteroatoms. The van der Waals surface area contributed by atoms with Crippen molar-refractivity contribution in [3.63, 3.8) is 0 Å². The normalized spacial score (nSPS) is 14.8. The van der Waals surface area contributed by atoms with Crippen LogP contribution >= 0.6 is 0 Å². The molecule has 4 aromatic rings. The summed E-state index contributed by atoms with van der Waals surface area (Å²) in [5.74, 6) is 2.97. The summed E-state index contributed by atoms with van der Waals surface area (Å²) >= 11 is 0. The van der Waals surface area contributed by atoms with Crippen molar-refractivity contribution in [2.45, 2.75) is 6.10 Å². The molecule has 0 unspecified atom stereocenters. The molecule has 3 aromatic heterocycles. The van der Waals surface area contributed by atoms with Gasteiger partial charge in [0.2, 0.25) is 0 Å². The molecule has 1 atom stereocenters. The van der Waals surface area contributed by atoms with E-state index in [2.05, 4.69) is 15.1 Å². The lowest BCUT2D eigenvalue weighted by Gasteiger charge is -2.26. The third kappa shape index (κ3) is 4.00. The predicted octanol–water partition coefficient (Wildman–Crippen LogP) is 4.19. The molecule has 31 heavy (non-hydrogen) atoms. The molecule has 8 nitrogen and oxygen atoms in total. The van der Waals surface area contributed by atoms with Crippen LogP contribution in [0, 0.1) is 0 Å². The Hall–Kier alpha value is -4.07. The highest BCUT2D eigenvalue weighted by Crippen LogP contribution is 2.38. The second-order valence-corrected chi connectivity index (χ2v) is 7.05. The molecule has 0 bridgehead atoms. The smallest absolute Gasteiger partial charge is 0.258 e. The van der Waals surface area contributed by atoms with Crippen LogP contribution in [0.4, 0.5) is 0 Å². The van der Waals surface area contributed by atoms with Gasteiger partial charge in [-0.05, 0) is 23.8 Å². The number of hydrogen-bond acceptors (Lipinski definition) is 7. The Labute approximate surface area is 179 Å². The van der Waals surface area contributed by atoms with Crippen molar-refractivity contribution in [3.8, 4) is 40.1 Å². The number of hydrogen-bond donors (Lipinski definition) is 0. The maximum atomic E-state index is 6.02. The quantitative estimate of drug-likeness (QED) is 0.482. The van der Waals surface area contributed by atoms with Crippen molar-refractivity contribution in [1.29, 1.82) is 0 Å². The Balaban J connectivity index is 1.31. The fourth-order valence-corrected chi connectivity index (χ4v) is 3.30. The minimum absolute atomic E-state index is 0.236. The molecule has 0 fully saturated rings. The molecule has 5 rings (SSSR count). The maximum absolute atomic E-state index is 6.02. The zero-order valence-electron chi connectivity index (χ0n) is 17.1. The van der Waals surface area contributed by atoms with E-state index in [1.807, 2.05) is 43.6 Å². The number of ether oxygens (including phenoxy) is 4. The third-order valence-corrected chi connectivity index (χ3v) is 4.89. The van der Waals surface area contributed by atoms with E-state index in [1.54, 1.807) is 42.5 Å². The molecule has 0 saturated carbocycles. The van der Waals surface area contributed by atoms with Crippen LogP contribution in [0.25, 0.3) is 11.3 Å². The Morgan fingerprint density at radius 3 is 2.65 bits per heavy atom. The van der Waals surface area contributed by atoms with Crippen molar-refractivity contribution in [3.05, 3.63) is 72.8 Å². The topological polar surface area (TPSA) is 80.5 Å². The standard InChI is InChI=1S/C23H20N4O4/c1-27-13-16(11-26-27)20-9-18(7-8-24-20)30-19-10-21-23(25-12-19)31-22(14-29-21)15-3-5-17(28-2)6-4-15/h3-13,22H,14H2,1-2H3/t22-/m1/s1. The molecular formula is C23H20N4O4. The van der Waals surface area contributed by atoms with Gasteiger partial charge in [0.05, 0.1) is 25.2 Å². The third-order valence-electron chi connectivity index (χ3n) is 4.89. The summed E-state index contributed by atoms with van der Waals surface area (Å²) in [7, 11) is 3.50. The summed E-state index contributed by atoms with van der Waals surface area (Å²) in [5, 5.41) is 4.18. The Kier molecular flexibility index (Phi) is 4.87. The Morgan fingerprint density at radius 1 is 1.00 bits per heavy atom. The molecule has 0 aliphatic carbocycles. The Bertz CT molecular complexity index is 1210. The van der Waals surface area contributed by atoms with E-state index < -0.39 is 0 Å². The van der Waals surface area contributed by atoms with E-state index in [0.29, 0.717) is 29.7 Å². The second kappa shape index (κ2) is 7.98. The van der Waals surface area contributed by atoms with Crippen molar-refractivity contribution >= 4 is 0 Å². The number of benzene rings is 1. The first-order valence-electron chi connectivity index (χ1n) is 9.74. The summed E-state index contributed by atoms with van der Waals surface area (Å²) in [5.41, 5.74) is 2.68. The van der Waals surface area contributed by atoms with Crippen LogP contribution in [0.15, 0.2) is 67.3 Å². The fraction of sp³-hybridized carbons (Fsp3) is 0.174. The molecule has 0 amide bonds. The number of pyridine rings is 2. The van der Waals surface area contributed by atoms with E-state index in [0.717, 1.165) is 22.6 Å². The van der Waals surface area contributed by atoms with Gasteiger partial charge in [0.25, 0.3) is 5.88 Å². The highest BCUT2D eigenvalue weighted by atomic mass is 16.6. The zero-order valence-corrected chi connectivity index (χ0v) is 17.1. The predicted molar refractivity (Wildman–Crippen MR) is 113 cm³/mol. The van der Waals surface area contributed by atoms with Crippen molar-refractivity contribution in [2.24, 2.45) is 7.05 Å². The summed E-state index contributed by atoms with van der Waals surface area (Å²) in [6, 6.07) is 13.1. The summed E-state index contributed by atoms with van der Waals surface area (Å²) in [6.45, 7) is 0.380. The molecule has 1 aromatic carbocycles. The van der Waals surface area contributed by atoms with Crippen molar-refractivity contribution < 1.29 is 18.9 Å². The number of aryl methyl sites for hydroxylation is 1. The van der Waals surface area contributed by atoms with E-state index in [9.17, 15) is 0 Å². The van der Waals surface area contributed by atoms with Crippen LogP contribution < -0.4 is 18.9 Å². The molecule has 156 valence electrons. The molecule has 0 spiro atoms.